The average Bonchev–Trinajstić information content (AvgIpc) is 2.78. The van der Waals surface area contributed by atoms with E-state index >= 15 is 0 Å². The summed E-state index contributed by atoms with van der Waals surface area (Å²) in [6, 6.07) is 7.56. The summed E-state index contributed by atoms with van der Waals surface area (Å²) in [5, 5.41) is 23.3. The number of thiocarbonyl (C=S) groups is 2. The number of benzene rings is 1. The minimum atomic E-state index is 0.294. The summed E-state index contributed by atoms with van der Waals surface area (Å²) in [5.74, 6) is 0.635. The van der Waals surface area contributed by atoms with Crippen LogP contribution in [-0.2, 0) is 6.54 Å². The molecule has 12 heteroatoms. The molecule has 0 aliphatic carbocycles. The number of nitrogens with one attached hydrogen (secondary N) is 4. The Hall–Kier alpha value is -3.12. The maximum atomic E-state index is 5.89. The topological polar surface area (TPSA) is 150 Å². The lowest BCUT2D eigenvalue weighted by molar-refractivity contribution is 0.864. The third-order valence-corrected chi connectivity index (χ3v) is 4.41. The van der Waals surface area contributed by atoms with Crippen LogP contribution in [0.4, 0.5) is 0 Å². The van der Waals surface area contributed by atoms with Crippen molar-refractivity contribution in [1.82, 2.24) is 21.5 Å². The molecule has 1 rings (SSSR count). The number of hydrogen-bond acceptors (Lipinski definition) is 6. The fraction of sp³-hybridized carbons (Fsp3) is 0.400. The van der Waals surface area contributed by atoms with Gasteiger partial charge in [0.15, 0.2) is 16.1 Å². The lowest BCUT2D eigenvalue weighted by Gasteiger charge is -2.11. The normalized spacial score (nSPS) is 12.9. The quantitative estimate of drug-likeness (QED) is 0.129. The first kappa shape index (κ1) is 26.9. The lowest BCUT2D eigenvalue weighted by Crippen LogP contribution is -2.34. The summed E-state index contributed by atoms with van der Waals surface area (Å²) in [7, 11) is 0. The van der Waals surface area contributed by atoms with E-state index in [2.05, 4.69) is 41.9 Å². The van der Waals surface area contributed by atoms with Crippen LogP contribution in [0.15, 0.2) is 44.7 Å². The van der Waals surface area contributed by atoms with Crippen LogP contribution in [-0.4, -0.2) is 39.9 Å². The minimum absolute atomic E-state index is 0.294. The molecular formula is C20H32N10S2. The minimum Gasteiger partial charge on any atom is -0.386 e. The van der Waals surface area contributed by atoms with Gasteiger partial charge in [-0.05, 0) is 56.7 Å². The molecule has 0 saturated carbocycles. The first-order chi connectivity index (χ1) is 15.3. The van der Waals surface area contributed by atoms with Crippen LogP contribution >= 0.6 is 24.4 Å². The van der Waals surface area contributed by atoms with Crippen molar-refractivity contribution in [2.24, 2.45) is 31.9 Å². The van der Waals surface area contributed by atoms with Crippen molar-refractivity contribution in [3.8, 4) is 0 Å². The summed E-state index contributed by atoms with van der Waals surface area (Å²) >= 11 is 10.5. The highest BCUT2D eigenvalue weighted by molar-refractivity contribution is 7.80. The molecule has 0 amide bonds. The zero-order valence-corrected chi connectivity index (χ0v) is 20.5. The molecule has 0 saturated heterocycles. The first-order valence-corrected chi connectivity index (χ1v) is 11.1. The van der Waals surface area contributed by atoms with Crippen molar-refractivity contribution in [1.29, 1.82) is 0 Å². The summed E-state index contributed by atoms with van der Waals surface area (Å²) in [6.07, 6.45) is 1.39. The van der Waals surface area contributed by atoms with Gasteiger partial charge in [0.2, 0.25) is 0 Å². The molecule has 0 spiro atoms. The third-order valence-electron chi connectivity index (χ3n) is 3.94. The van der Waals surface area contributed by atoms with Crippen molar-refractivity contribution in [2.45, 2.75) is 47.1 Å². The third kappa shape index (κ3) is 10.3. The van der Waals surface area contributed by atoms with Crippen LogP contribution in [0.3, 0.4) is 0 Å². The number of nitrogens with zero attached hydrogens (tertiary/aromatic N) is 4. The van der Waals surface area contributed by atoms with E-state index in [0.717, 1.165) is 29.1 Å². The highest BCUT2D eigenvalue weighted by atomic mass is 32.1. The van der Waals surface area contributed by atoms with Crippen molar-refractivity contribution < 1.29 is 0 Å². The Bertz CT molecular complexity index is 884. The van der Waals surface area contributed by atoms with Gasteiger partial charge in [-0.2, -0.15) is 10.2 Å². The second-order valence-corrected chi connectivity index (χ2v) is 7.33. The maximum absolute atomic E-state index is 5.89. The van der Waals surface area contributed by atoms with Gasteiger partial charge in [-0.1, -0.05) is 38.1 Å². The Morgan fingerprint density at radius 3 is 1.84 bits per heavy atom. The molecule has 174 valence electrons. The Morgan fingerprint density at radius 1 is 0.844 bits per heavy atom. The fourth-order valence-electron chi connectivity index (χ4n) is 2.34. The Balaban J connectivity index is 2.66. The molecule has 0 bridgehead atoms. The first-order valence-electron chi connectivity index (χ1n) is 10.2. The van der Waals surface area contributed by atoms with E-state index in [0.29, 0.717) is 41.3 Å². The van der Waals surface area contributed by atoms with Crippen molar-refractivity contribution >= 4 is 57.8 Å². The molecular weight excluding hydrogens is 444 g/mol. The molecule has 1 aromatic carbocycles. The molecule has 0 heterocycles. The average molecular weight is 477 g/mol. The summed E-state index contributed by atoms with van der Waals surface area (Å²) in [6.45, 7) is 8.86. The molecule has 0 aliphatic rings. The monoisotopic (exact) mass is 476 g/mol. The van der Waals surface area contributed by atoms with Crippen LogP contribution in [0.5, 0.6) is 0 Å². The van der Waals surface area contributed by atoms with E-state index in [1.54, 1.807) is 6.92 Å². The largest absolute Gasteiger partial charge is 0.386 e. The molecule has 0 unspecified atom stereocenters. The zero-order valence-electron chi connectivity index (χ0n) is 18.9. The number of amidine groups is 2. The van der Waals surface area contributed by atoms with Gasteiger partial charge in [-0.25, -0.2) is 0 Å². The van der Waals surface area contributed by atoms with E-state index in [4.69, 9.17) is 35.9 Å². The van der Waals surface area contributed by atoms with Gasteiger partial charge < -0.3 is 22.1 Å². The number of rotatable bonds is 10. The molecule has 0 aliphatic heterocycles. The van der Waals surface area contributed by atoms with Gasteiger partial charge >= 0.3 is 0 Å². The van der Waals surface area contributed by atoms with E-state index in [9.17, 15) is 0 Å². The van der Waals surface area contributed by atoms with Gasteiger partial charge in [-0.15, -0.1) is 10.2 Å². The smallest absolute Gasteiger partial charge is 0.187 e. The van der Waals surface area contributed by atoms with Gasteiger partial charge in [-0.3, -0.25) is 10.9 Å². The molecule has 1 aromatic rings. The van der Waals surface area contributed by atoms with Gasteiger partial charge in [0, 0.05) is 18.7 Å². The van der Waals surface area contributed by atoms with Gasteiger partial charge in [0.25, 0.3) is 0 Å². The van der Waals surface area contributed by atoms with Gasteiger partial charge in [0.1, 0.15) is 5.84 Å². The molecule has 0 aromatic heterocycles. The SMILES string of the molecule is CCNC(=S)N/N=C(CC)/C(CC)=N/NC(=S)NCc1ccc(/C(N)=N/N=C(/C)N)cc1. The van der Waals surface area contributed by atoms with E-state index in [1.807, 2.05) is 45.0 Å². The summed E-state index contributed by atoms with van der Waals surface area (Å²) in [5.41, 5.74) is 20.4. The van der Waals surface area contributed by atoms with E-state index in [-0.39, 0.29) is 0 Å². The van der Waals surface area contributed by atoms with Crippen LogP contribution in [0.1, 0.15) is 51.7 Å². The van der Waals surface area contributed by atoms with Crippen molar-refractivity contribution in [2.75, 3.05) is 6.54 Å². The number of nitrogens with two attached hydrogens (primary N) is 2. The molecule has 10 nitrogen and oxygen atoms in total. The van der Waals surface area contributed by atoms with E-state index < -0.39 is 0 Å². The molecule has 8 N–H and O–H groups in total. The van der Waals surface area contributed by atoms with Crippen LogP contribution in [0, 0.1) is 0 Å². The number of hydrogen-bond donors (Lipinski definition) is 6. The van der Waals surface area contributed by atoms with Crippen LogP contribution in [0.25, 0.3) is 0 Å². The summed E-state index contributed by atoms with van der Waals surface area (Å²) in [4.78, 5) is 0. The Morgan fingerprint density at radius 2 is 1.38 bits per heavy atom. The molecule has 32 heavy (non-hydrogen) atoms. The maximum Gasteiger partial charge on any atom is 0.187 e. The van der Waals surface area contributed by atoms with E-state index in [1.165, 1.54) is 0 Å². The zero-order chi connectivity index (χ0) is 23.9. The summed E-state index contributed by atoms with van der Waals surface area (Å²) < 4.78 is 0. The standard InChI is InChI=1S/C20H32N10S2/c1-5-16(26-29-19(31)23-7-3)17(6-2)27-30-20(32)24-12-14-8-10-15(11-9-14)18(22)28-25-13(4)21/h8-11H,5-7,12H2,1-4H3,(H2,21,25)(H2,22,28)(H2,23,29,31)(H2,24,30,32)/b26-16+,27-17+. The number of hydrazone groups is 2. The predicted octanol–water partition coefficient (Wildman–Crippen LogP) is 1.66. The molecule has 0 fully saturated rings. The second-order valence-electron chi connectivity index (χ2n) is 6.51. The second kappa shape index (κ2) is 14.8. The predicted molar refractivity (Wildman–Crippen MR) is 142 cm³/mol. The Kier molecular flexibility index (Phi) is 12.5. The van der Waals surface area contributed by atoms with Crippen molar-refractivity contribution in [3.05, 3.63) is 35.4 Å². The molecule has 0 radical (unpaired) electrons. The van der Waals surface area contributed by atoms with Crippen LogP contribution in [0.2, 0.25) is 0 Å². The van der Waals surface area contributed by atoms with Gasteiger partial charge in [0.05, 0.1) is 11.4 Å². The highest BCUT2D eigenvalue weighted by Crippen LogP contribution is 2.04. The Labute approximate surface area is 200 Å². The van der Waals surface area contributed by atoms with Crippen LogP contribution < -0.4 is 33.0 Å². The van der Waals surface area contributed by atoms with Crippen molar-refractivity contribution in [3.63, 3.8) is 0 Å². The fourth-order valence-corrected chi connectivity index (χ4v) is 2.65. The highest BCUT2D eigenvalue weighted by Gasteiger charge is 2.07. The lowest BCUT2D eigenvalue weighted by atomic mass is 10.1. The molecule has 0 atom stereocenters.